The largest absolute Gasteiger partial charge is 0.457 e. The number of benzene rings is 3. The van der Waals surface area contributed by atoms with E-state index in [-0.39, 0.29) is 11.7 Å². The Bertz CT molecular complexity index is 1400. The third kappa shape index (κ3) is 14.1. The second-order valence-electron chi connectivity index (χ2n) is 11.6. The molecule has 1 fully saturated rings. The van der Waals surface area contributed by atoms with Crippen LogP contribution in [0, 0.1) is 0 Å². The maximum Gasteiger partial charge on any atom is 0.412 e. The number of hydrogen-bond acceptors (Lipinski definition) is 7. The fourth-order valence-corrected chi connectivity index (χ4v) is 5.68. The number of rotatable bonds is 11. The van der Waals surface area contributed by atoms with Crippen LogP contribution in [-0.2, 0) is 11.3 Å². The van der Waals surface area contributed by atoms with Crippen molar-refractivity contribution in [3.63, 3.8) is 0 Å². The molecule has 2 amide bonds. The molecule has 0 aromatic heterocycles. The van der Waals surface area contributed by atoms with Gasteiger partial charge in [-0.2, -0.15) is 4.39 Å². The number of amides is 2. The van der Waals surface area contributed by atoms with E-state index in [1.807, 2.05) is 47.2 Å². The minimum Gasteiger partial charge on any atom is -0.457 e. The number of anilines is 2. The summed E-state index contributed by atoms with van der Waals surface area (Å²) < 4.78 is 36.4. The molecule has 0 aliphatic carbocycles. The highest BCUT2D eigenvalue weighted by Crippen LogP contribution is 2.34. The van der Waals surface area contributed by atoms with Crippen molar-refractivity contribution in [1.29, 1.82) is 0 Å². The van der Waals surface area contributed by atoms with Crippen LogP contribution in [0.1, 0.15) is 63.9 Å². The molecule has 3 aromatic carbocycles. The number of carbonyl (C=O) groups is 2. The Hall–Kier alpha value is -3.24. The maximum atomic E-state index is 13.7. The second-order valence-corrected chi connectivity index (χ2v) is 13.3. The third-order valence-electron chi connectivity index (χ3n) is 6.75. The standard InChI is InChI=1S/C33H42FN4O4PS.C2H6.CH3F/c1-5-20-44-38-18-16-37(17-19-38)22-23-6-12-26(13-7-23)35-30(39)25-10-8-24(9-11-25)28-21-27(14-15-29(28)41-31(34)43)36-32(40)42-33(2,3)4;2*1-2/h6-15,21,31H,5,16-20,22,43H2,1-4H3,(H,35,39)(H,36,40);1-2H3;1H3. The first-order valence-corrected chi connectivity index (χ1v) is 17.8. The summed E-state index contributed by atoms with van der Waals surface area (Å²) >= 11 is 1.95. The zero-order chi connectivity index (χ0) is 35.7. The minimum absolute atomic E-state index is 0.240. The lowest BCUT2D eigenvalue weighted by molar-refractivity contribution is 0.0635. The SMILES string of the molecule is CC.CCCSN1CCN(Cc2ccc(NC(=O)c3ccc(-c4cc(NC(=O)OC(C)(C)C)ccc4OC(F)P)cc3)cc2)CC1.CF. The lowest BCUT2D eigenvalue weighted by Gasteiger charge is -2.33. The van der Waals surface area contributed by atoms with Gasteiger partial charge in [0.2, 0.25) is 6.10 Å². The zero-order valence-electron chi connectivity index (χ0n) is 29.1. The van der Waals surface area contributed by atoms with Crippen molar-refractivity contribution < 1.29 is 27.8 Å². The number of carbonyl (C=O) groups excluding carboxylic acids is 2. The van der Waals surface area contributed by atoms with Gasteiger partial charge >= 0.3 is 6.09 Å². The van der Waals surface area contributed by atoms with Gasteiger partial charge in [0.25, 0.3) is 5.91 Å². The normalized spacial score (nSPS) is 14.0. The van der Waals surface area contributed by atoms with E-state index in [2.05, 4.69) is 38.9 Å². The Kier molecular flexibility index (Phi) is 17.9. The van der Waals surface area contributed by atoms with Crippen LogP contribution in [0.25, 0.3) is 11.1 Å². The molecular formula is C36H51F2N4O4PS. The maximum absolute atomic E-state index is 13.7. The highest BCUT2D eigenvalue weighted by Gasteiger charge is 2.19. The number of alkyl halides is 2. The molecule has 48 heavy (non-hydrogen) atoms. The molecular weight excluding hydrogens is 653 g/mol. The van der Waals surface area contributed by atoms with Gasteiger partial charge in [-0.05, 0) is 80.8 Å². The molecule has 2 unspecified atom stereocenters. The highest BCUT2D eigenvalue weighted by atomic mass is 32.2. The van der Waals surface area contributed by atoms with Gasteiger partial charge in [0.1, 0.15) is 11.4 Å². The molecule has 0 saturated carbocycles. The molecule has 12 heteroatoms. The fourth-order valence-electron chi connectivity index (χ4n) is 4.67. The monoisotopic (exact) mass is 704 g/mol. The van der Waals surface area contributed by atoms with Gasteiger partial charge in [-0.25, -0.2) is 9.10 Å². The average molecular weight is 705 g/mol. The molecule has 1 saturated heterocycles. The summed E-state index contributed by atoms with van der Waals surface area (Å²) in [4.78, 5) is 27.7. The number of nitrogens with one attached hydrogen (secondary N) is 2. The van der Waals surface area contributed by atoms with Gasteiger partial charge in [-0.1, -0.05) is 66.2 Å². The van der Waals surface area contributed by atoms with Crippen molar-refractivity contribution in [3.8, 4) is 16.9 Å². The van der Waals surface area contributed by atoms with Crippen molar-refractivity contribution in [1.82, 2.24) is 9.21 Å². The number of nitrogens with zero attached hydrogens (tertiary/aromatic N) is 2. The third-order valence-corrected chi connectivity index (χ3v) is 8.21. The zero-order valence-corrected chi connectivity index (χ0v) is 31.1. The number of halogens is 2. The van der Waals surface area contributed by atoms with Crippen LogP contribution >= 0.6 is 21.2 Å². The Labute approximate surface area is 291 Å². The lowest BCUT2D eigenvalue weighted by atomic mass is 10.0. The summed E-state index contributed by atoms with van der Waals surface area (Å²) in [6.07, 6.45) is -1.03. The van der Waals surface area contributed by atoms with Gasteiger partial charge in [-0.15, -0.1) is 0 Å². The summed E-state index contributed by atoms with van der Waals surface area (Å²) in [6.45, 7) is 16.7. The fraction of sp³-hybridized carbons (Fsp3) is 0.444. The summed E-state index contributed by atoms with van der Waals surface area (Å²) in [5.74, 6) is 1.22. The average Bonchev–Trinajstić information content (AvgIpc) is 3.07. The minimum atomic E-state index is -1.62. The molecule has 264 valence electrons. The molecule has 4 rings (SSSR count). The van der Waals surface area contributed by atoms with E-state index in [1.165, 1.54) is 17.7 Å². The van der Waals surface area contributed by atoms with Gasteiger partial charge in [0.15, 0.2) is 0 Å². The predicted octanol–water partition coefficient (Wildman–Crippen LogP) is 9.25. The Balaban J connectivity index is 0.00000193. The summed E-state index contributed by atoms with van der Waals surface area (Å²) in [5, 5.41) is 5.66. The Morgan fingerprint density at radius 1 is 0.917 bits per heavy atom. The van der Waals surface area contributed by atoms with Crippen LogP contribution in [0.5, 0.6) is 5.75 Å². The van der Waals surface area contributed by atoms with E-state index < -0.39 is 17.8 Å². The predicted molar refractivity (Wildman–Crippen MR) is 199 cm³/mol. The number of ether oxygens (including phenoxy) is 2. The molecule has 3 aromatic rings. The summed E-state index contributed by atoms with van der Waals surface area (Å²) in [5.41, 5.74) is 3.43. The van der Waals surface area contributed by atoms with Gasteiger partial charge in [0.05, 0.1) is 7.18 Å². The molecule has 8 nitrogen and oxygen atoms in total. The number of piperazine rings is 1. The Morgan fingerprint density at radius 3 is 2.08 bits per heavy atom. The van der Waals surface area contributed by atoms with E-state index in [9.17, 15) is 18.4 Å². The Morgan fingerprint density at radius 2 is 1.52 bits per heavy atom. The lowest BCUT2D eigenvalue weighted by Crippen LogP contribution is -2.43. The second kappa shape index (κ2) is 21.0. The summed E-state index contributed by atoms with van der Waals surface area (Å²) in [6, 6.07) is 19.7. The van der Waals surface area contributed by atoms with Crippen molar-refractivity contribution in [2.24, 2.45) is 0 Å². The smallest absolute Gasteiger partial charge is 0.412 e. The van der Waals surface area contributed by atoms with Crippen LogP contribution in [0.15, 0.2) is 66.7 Å². The van der Waals surface area contributed by atoms with Crippen LogP contribution < -0.4 is 15.4 Å². The first-order chi connectivity index (χ1) is 23.0. The van der Waals surface area contributed by atoms with E-state index >= 15 is 0 Å². The first-order valence-electron chi connectivity index (χ1n) is 16.2. The van der Waals surface area contributed by atoms with Gasteiger partial charge < -0.3 is 14.8 Å². The highest BCUT2D eigenvalue weighted by molar-refractivity contribution is 7.97. The van der Waals surface area contributed by atoms with Crippen molar-refractivity contribution in [3.05, 3.63) is 77.9 Å². The van der Waals surface area contributed by atoms with Crippen LogP contribution in [-0.4, -0.2) is 72.0 Å². The van der Waals surface area contributed by atoms with E-state index in [1.54, 1.807) is 63.2 Å². The van der Waals surface area contributed by atoms with E-state index in [0.29, 0.717) is 29.6 Å². The molecule has 2 N–H and O–H groups in total. The summed E-state index contributed by atoms with van der Waals surface area (Å²) in [7, 11) is 2.45. The van der Waals surface area contributed by atoms with E-state index in [0.717, 1.165) is 38.4 Å². The van der Waals surface area contributed by atoms with E-state index in [4.69, 9.17) is 9.47 Å². The molecule has 1 heterocycles. The topological polar surface area (TPSA) is 83.1 Å². The van der Waals surface area contributed by atoms with Crippen LogP contribution in [0.3, 0.4) is 0 Å². The van der Waals surface area contributed by atoms with Crippen molar-refractivity contribution in [2.45, 2.75) is 66.2 Å². The van der Waals surface area contributed by atoms with Crippen molar-refractivity contribution >= 4 is 44.6 Å². The first kappa shape index (κ1) is 40.9. The molecule has 0 radical (unpaired) electrons. The van der Waals surface area contributed by atoms with Gasteiger partial charge in [-0.3, -0.25) is 19.4 Å². The molecule has 0 spiro atoms. The molecule has 1 aliphatic heterocycles. The molecule has 1 aliphatic rings. The molecule has 0 bridgehead atoms. The van der Waals surface area contributed by atoms with Crippen LogP contribution in [0.2, 0.25) is 0 Å². The number of hydrogen-bond donors (Lipinski definition) is 2. The quantitative estimate of drug-likeness (QED) is 0.152. The van der Waals surface area contributed by atoms with Gasteiger partial charge in [0, 0.05) is 61.0 Å². The van der Waals surface area contributed by atoms with Crippen LogP contribution in [0.4, 0.5) is 25.0 Å². The van der Waals surface area contributed by atoms with Crippen molar-refractivity contribution in [2.75, 3.05) is 49.7 Å². The molecule has 2 atom stereocenters.